The smallest absolute Gasteiger partial charge is 0.261 e. The lowest BCUT2D eigenvalue weighted by atomic mass is 10.0. The summed E-state index contributed by atoms with van der Waals surface area (Å²) in [6, 6.07) is 13.7. The first-order chi connectivity index (χ1) is 13.2. The van der Waals surface area contributed by atoms with Crippen LogP contribution in [0.1, 0.15) is 32.9 Å². The highest BCUT2D eigenvalue weighted by atomic mass is 32.1. The van der Waals surface area contributed by atoms with Gasteiger partial charge in [0.25, 0.3) is 11.8 Å². The molecule has 27 heavy (non-hydrogen) atoms. The maximum atomic E-state index is 13.0. The molecule has 3 aromatic rings. The Kier molecular flexibility index (Phi) is 3.93. The second-order valence-electron chi connectivity index (χ2n) is 7.31. The number of hydrogen-bond acceptors (Lipinski definition) is 4. The molecule has 1 aromatic carbocycles. The third kappa shape index (κ3) is 2.90. The van der Waals surface area contributed by atoms with E-state index in [0.717, 1.165) is 28.6 Å². The second-order valence-corrected chi connectivity index (χ2v) is 8.26. The van der Waals surface area contributed by atoms with Crippen LogP contribution in [-0.2, 0) is 0 Å². The third-order valence-corrected chi connectivity index (χ3v) is 6.58. The van der Waals surface area contributed by atoms with Crippen LogP contribution in [0, 0.1) is 5.92 Å². The molecule has 2 aliphatic rings. The Balaban J connectivity index is 1.28. The van der Waals surface area contributed by atoms with Crippen LogP contribution < -0.4 is 5.32 Å². The van der Waals surface area contributed by atoms with E-state index in [2.05, 4.69) is 10.3 Å². The molecule has 6 heteroatoms. The molecule has 5 rings (SSSR count). The fourth-order valence-corrected chi connectivity index (χ4v) is 5.03. The quantitative estimate of drug-likeness (QED) is 0.762. The average Bonchev–Trinajstić information content (AvgIpc) is 3.44. The van der Waals surface area contributed by atoms with Crippen molar-refractivity contribution in [3.8, 4) is 0 Å². The van der Waals surface area contributed by atoms with Crippen molar-refractivity contribution in [1.29, 1.82) is 0 Å². The van der Waals surface area contributed by atoms with Gasteiger partial charge in [0.05, 0.1) is 10.4 Å². The first-order valence-corrected chi connectivity index (χ1v) is 10.1. The largest absolute Gasteiger partial charge is 0.348 e. The summed E-state index contributed by atoms with van der Waals surface area (Å²) in [7, 11) is 0. The minimum Gasteiger partial charge on any atom is -0.348 e. The van der Waals surface area contributed by atoms with Crippen molar-refractivity contribution < 1.29 is 9.59 Å². The lowest BCUT2D eigenvalue weighted by Crippen LogP contribution is -2.47. The van der Waals surface area contributed by atoms with Gasteiger partial charge in [-0.3, -0.25) is 14.6 Å². The number of pyridine rings is 1. The molecular weight excluding hydrogens is 358 g/mol. The number of thiophene rings is 1. The maximum absolute atomic E-state index is 13.0. The van der Waals surface area contributed by atoms with Crippen molar-refractivity contribution in [2.24, 2.45) is 5.92 Å². The van der Waals surface area contributed by atoms with Gasteiger partial charge in [0.15, 0.2) is 0 Å². The van der Waals surface area contributed by atoms with Crippen LogP contribution in [0.4, 0.5) is 0 Å². The Morgan fingerprint density at radius 3 is 2.85 bits per heavy atom. The Labute approximate surface area is 161 Å². The van der Waals surface area contributed by atoms with E-state index in [1.807, 2.05) is 52.7 Å². The molecule has 2 bridgehead atoms. The van der Waals surface area contributed by atoms with Gasteiger partial charge in [0.2, 0.25) is 0 Å². The van der Waals surface area contributed by atoms with Crippen molar-refractivity contribution in [2.75, 3.05) is 6.54 Å². The van der Waals surface area contributed by atoms with E-state index in [4.69, 9.17) is 0 Å². The summed E-state index contributed by atoms with van der Waals surface area (Å²) in [5.74, 6) is 0.420. The summed E-state index contributed by atoms with van der Waals surface area (Å²) in [5, 5.41) is 6.05. The molecule has 1 N–H and O–H groups in total. The van der Waals surface area contributed by atoms with E-state index >= 15 is 0 Å². The Morgan fingerprint density at radius 2 is 2.07 bits per heavy atom. The van der Waals surface area contributed by atoms with E-state index in [1.54, 1.807) is 6.20 Å². The van der Waals surface area contributed by atoms with Crippen LogP contribution in [-0.4, -0.2) is 40.3 Å². The number of carbonyl (C=O) groups excluding carboxylic acids is 2. The number of carbonyl (C=O) groups is 2. The molecule has 2 aromatic heterocycles. The molecule has 1 aliphatic heterocycles. The highest BCUT2D eigenvalue weighted by Gasteiger charge is 2.47. The van der Waals surface area contributed by atoms with Gasteiger partial charge < -0.3 is 10.2 Å². The standard InChI is InChI=1S/C21H19N3O2S/c25-20(19-4-2-8-27-19)23-18-11-16-10-15(18)12-24(16)21(26)14-5-6-17-13(9-14)3-1-7-22-17/h1-9,15-16,18H,10-12H2,(H,23,25). The highest BCUT2D eigenvalue weighted by molar-refractivity contribution is 7.12. The number of benzene rings is 1. The highest BCUT2D eigenvalue weighted by Crippen LogP contribution is 2.39. The zero-order valence-corrected chi connectivity index (χ0v) is 15.5. The van der Waals surface area contributed by atoms with Crippen molar-refractivity contribution in [3.05, 3.63) is 64.5 Å². The van der Waals surface area contributed by atoms with E-state index in [9.17, 15) is 9.59 Å². The molecule has 2 amide bonds. The van der Waals surface area contributed by atoms with Crippen molar-refractivity contribution in [2.45, 2.75) is 24.9 Å². The summed E-state index contributed by atoms with van der Waals surface area (Å²) in [4.78, 5) is 32.4. The normalized spacial score (nSPS) is 23.7. The number of amides is 2. The molecule has 0 radical (unpaired) electrons. The molecule has 1 aliphatic carbocycles. The fraction of sp³-hybridized carbons (Fsp3) is 0.286. The Hall–Kier alpha value is -2.73. The topological polar surface area (TPSA) is 62.3 Å². The number of aromatic nitrogens is 1. The van der Waals surface area contributed by atoms with Gasteiger partial charge in [0.1, 0.15) is 0 Å². The summed E-state index contributed by atoms with van der Waals surface area (Å²) >= 11 is 1.46. The number of likely N-dealkylation sites (tertiary alicyclic amines) is 1. The molecule has 2 fully saturated rings. The minimum atomic E-state index is 0.00227. The van der Waals surface area contributed by atoms with E-state index in [1.165, 1.54) is 11.3 Å². The van der Waals surface area contributed by atoms with Crippen LogP contribution in [0.25, 0.3) is 10.9 Å². The number of nitrogens with one attached hydrogen (secondary N) is 1. The summed E-state index contributed by atoms with van der Waals surface area (Å²) < 4.78 is 0. The lowest BCUT2D eigenvalue weighted by Gasteiger charge is -2.32. The molecule has 3 heterocycles. The van der Waals surface area contributed by atoms with Crippen molar-refractivity contribution >= 4 is 34.1 Å². The number of piperidine rings is 1. The first kappa shape index (κ1) is 16.4. The first-order valence-electron chi connectivity index (χ1n) is 9.19. The summed E-state index contributed by atoms with van der Waals surface area (Å²) in [5.41, 5.74) is 1.61. The van der Waals surface area contributed by atoms with Crippen LogP contribution >= 0.6 is 11.3 Å². The zero-order chi connectivity index (χ0) is 18.4. The third-order valence-electron chi connectivity index (χ3n) is 5.71. The van der Waals surface area contributed by atoms with Gasteiger partial charge in [-0.05, 0) is 54.5 Å². The monoisotopic (exact) mass is 377 g/mol. The number of fused-ring (bicyclic) bond motifs is 3. The molecule has 5 nitrogen and oxygen atoms in total. The number of hydrogen-bond donors (Lipinski definition) is 1. The molecule has 3 unspecified atom stereocenters. The van der Waals surface area contributed by atoms with Crippen LogP contribution in [0.2, 0.25) is 0 Å². The molecule has 3 atom stereocenters. The van der Waals surface area contributed by atoms with E-state index in [0.29, 0.717) is 18.0 Å². The van der Waals surface area contributed by atoms with Gasteiger partial charge >= 0.3 is 0 Å². The van der Waals surface area contributed by atoms with E-state index in [-0.39, 0.29) is 23.9 Å². The molecule has 0 spiro atoms. The molecule has 1 saturated heterocycles. The SMILES string of the molecule is O=C(NC1CC2CC1CN2C(=O)c1ccc2ncccc2c1)c1cccs1. The van der Waals surface area contributed by atoms with Crippen LogP contribution in [0.5, 0.6) is 0 Å². The van der Waals surface area contributed by atoms with Gasteiger partial charge in [0, 0.05) is 35.8 Å². The second kappa shape index (κ2) is 6.46. The summed E-state index contributed by atoms with van der Waals surface area (Å²) in [6.07, 6.45) is 3.56. The van der Waals surface area contributed by atoms with Crippen molar-refractivity contribution in [1.82, 2.24) is 15.2 Å². The van der Waals surface area contributed by atoms with Gasteiger partial charge in [-0.25, -0.2) is 0 Å². The summed E-state index contributed by atoms with van der Waals surface area (Å²) in [6.45, 7) is 0.712. The predicted molar refractivity (Wildman–Crippen MR) is 105 cm³/mol. The molecule has 1 saturated carbocycles. The van der Waals surface area contributed by atoms with E-state index < -0.39 is 0 Å². The number of rotatable bonds is 3. The van der Waals surface area contributed by atoms with Crippen LogP contribution in [0.3, 0.4) is 0 Å². The average molecular weight is 377 g/mol. The van der Waals surface area contributed by atoms with Gasteiger partial charge in [-0.1, -0.05) is 12.1 Å². The minimum absolute atomic E-state index is 0.00227. The molecule has 136 valence electrons. The van der Waals surface area contributed by atoms with Gasteiger partial charge in [-0.2, -0.15) is 0 Å². The maximum Gasteiger partial charge on any atom is 0.261 e. The Morgan fingerprint density at radius 1 is 1.15 bits per heavy atom. The van der Waals surface area contributed by atoms with Gasteiger partial charge in [-0.15, -0.1) is 11.3 Å². The molecular formula is C21H19N3O2S. The number of nitrogens with zero attached hydrogens (tertiary/aromatic N) is 2. The predicted octanol–water partition coefficient (Wildman–Crippen LogP) is 3.33. The Bertz CT molecular complexity index is 1020. The zero-order valence-electron chi connectivity index (χ0n) is 14.7. The lowest BCUT2D eigenvalue weighted by molar-refractivity contribution is 0.0680. The van der Waals surface area contributed by atoms with Crippen molar-refractivity contribution in [3.63, 3.8) is 0 Å². The fourth-order valence-electron chi connectivity index (χ4n) is 4.40. The van der Waals surface area contributed by atoms with Crippen LogP contribution in [0.15, 0.2) is 54.0 Å².